The van der Waals surface area contributed by atoms with Crippen molar-refractivity contribution >= 4 is 20.0 Å². The maximum atomic E-state index is 15.3. The number of oxime groups is 1. The standard InChI is InChI=1S/C25H34FN5O2Si/c1-25(2,3)34(4,5)33-18-19-8-6-9-22(23(19)26)20-16-28-24(29-17-20)31-13-10-21(11-14-31)30-32-15-7-12-27/h6,8-9,16-17H,7,10-11,13-15,18H2,1-5H3. The van der Waals surface area contributed by atoms with E-state index in [2.05, 4.69) is 53.9 Å². The van der Waals surface area contributed by atoms with Crippen LogP contribution in [0.2, 0.25) is 18.1 Å². The average molecular weight is 484 g/mol. The van der Waals surface area contributed by atoms with Gasteiger partial charge in [0.25, 0.3) is 0 Å². The lowest BCUT2D eigenvalue weighted by molar-refractivity contribution is 0.148. The van der Waals surface area contributed by atoms with Crippen molar-refractivity contribution in [2.75, 3.05) is 24.6 Å². The first kappa shape index (κ1) is 25.8. The van der Waals surface area contributed by atoms with Gasteiger partial charge < -0.3 is 14.2 Å². The van der Waals surface area contributed by atoms with Crippen molar-refractivity contribution in [2.24, 2.45) is 5.16 Å². The highest BCUT2D eigenvalue weighted by molar-refractivity contribution is 6.74. The van der Waals surface area contributed by atoms with Crippen molar-refractivity contribution in [1.29, 1.82) is 5.26 Å². The van der Waals surface area contributed by atoms with Gasteiger partial charge in [-0.05, 0) is 18.1 Å². The van der Waals surface area contributed by atoms with Crippen LogP contribution in [0.5, 0.6) is 0 Å². The smallest absolute Gasteiger partial charge is 0.225 e. The maximum Gasteiger partial charge on any atom is 0.225 e. The number of hydrogen-bond donors (Lipinski definition) is 0. The SMILES string of the molecule is CC(C)(C)[Si](C)(C)OCc1cccc(-c2cnc(N3CCC(=NOCCC#N)CC3)nc2)c1F. The lowest BCUT2D eigenvalue weighted by Gasteiger charge is -2.36. The van der Waals surface area contributed by atoms with Gasteiger partial charge >= 0.3 is 0 Å². The summed E-state index contributed by atoms with van der Waals surface area (Å²) in [6.45, 7) is 12.9. The van der Waals surface area contributed by atoms with Crippen LogP contribution in [0.3, 0.4) is 0 Å². The number of benzene rings is 1. The maximum absolute atomic E-state index is 15.3. The van der Waals surface area contributed by atoms with Crippen molar-refractivity contribution in [2.45, 2.75) is 64.8 Å². The topological polar surface area (TPSA) is 83.6 Å². The summed E-state index contributed by atoms with van der Waals surface area (Å²) < 4.78 is 21.5. The molecule has 2 aromatic rings. The van der Waals surface area contributed by atoms with Crippen LogP contribution >= 0.6 is 0 Å². The molecule has 34 heavy (non-hydrogen) atoms. The van der Waals surface area contributed by atoms with E-state index in [1.165, 1.54) is 0 Å². The zero-order valence-corrected chi connectivity index (χ0v) is 21.8. The number of nitrogens with zero attached hydrogens (tertiary/aromatic N) is 5. The molecule has 182 valence electrons. The Balaban J connectivity index is 1.64. The quantitative estimate of drug-likeness (QED) is 0.272. The van der Waals surface area contributed by atoms with Gasteiger partial charge in [-0.3, -0.25) is 0 Å². The summed E-state index contributed by atoms with van der Waals surface area (Å²) in [6, 6.07) is 7.40. The minimum Gasteiger partial charge on any atom is -0.412 e. The zero-order chi connectivity index (χ0) is 24.8. The van der Waals surface area contributed by atoms with Crippen LogP contribution in [0.25, 0.3) is 11.1 Å². The van der Waals surface area contributed by atoms with Gasteiger partial charge in [0.05, 0.1) is 24.8 Å². The third-order valence-electron chi connectivity index (χ3n) is 6.54. The van der Waals surface area contributed by atoms with Gasteiger partial charge in [0.1, 0.15) is 12.4 Å². The Morgan fingerprint density at radius 1 is 1.18 bits per heavy atom. The molecule has 0 bridgehead atoms. The molecule has 1 aliphatic rings. The van der Waals surface area contributed by atoms with Gasteiger partial charge in [0.15, 0.2) is 8.32 Å². The van der Waals surface area contributed by atoms with Crippen molar-refractivity contribution in [3.8, 4) is 17.2 Å². The third-order valence-corrected chi connectivity index (χ3v) is 11.0. The Hall–Kier alpha value is -2.83. The number of rotatable bonds is 8. The van der Waals surface area contributed by atoms with Gasteiger partial charge in [-0.25, -0.2) is 14.4 Å². The van der Waals surface area contributed by atoms with Crippen molar-refractivity contribution in [3.63, 3.8) is 0 Å². The van der Waals surface area contributed by atoms with E-state index in [-0.39, 0.29) is 17.5 Å². The molecule has 1 aliphatic heterocycles. The van der Waals surface area contributed by atoms with Gasteiger partial charge in [-0.15, -0.1) is 0 Å². The molecule has 2 heterocycles. The van der Waals surface area contributed by atoms with Gasteiger partial charge in [0.2, 0.25) is 5.95 Å². The highest BCUT2D eigenvalue weighted by Gasteiger charge is 2.37. The van der Waals surface area contributed by atoms with Crippen LogP contribution in [0.15, 0.2) is 35.7 Å². The molecule has 1 aromatic carbocycles. The van der Waals surface area contributed by atoms with Crippen molar-refractivity contribution in [1.82, 2.24) is 9.97 Å². The predicted molar refractivity (Wildman–Crippen MR) is 134 cm³/mol. The molecule has 0 unspecified atom stereocenters. The van der Waals surface area contributed by atoms with Crippen LogP contribution in [-0.2, 0) is 15.9 Å². The molecule has 9 heteroatoms. The Kier molecular flexibility index (Phi) is 8.39. The van der Waals surface area contributed by atoms with E-state index in [9.17, 15) is 0 Å². The predicted octanol–water partition coefficient (Wildman–Crippen LogP) is 5.69. The fourth-order valence-corrected chi connectivity index (χ4v) is 4.25. The number of nitriles is 1. The fourth-order valence-electron chi connectivity index (χ4n) is 3.30. The molecule has 0 aliphatic carbocycles. The van der Waals surface area contributed by atoms with E-state index >= 15 is 4.39 Å². The second-order valence-electron chi connectivity index (χ2n) is 9.99. The molecule has 0 N–H and O–H groups in total. The molecule has 3 rings (SSSR count). The number of anilines is 1. The number of aromatic nitrogens is 2. The second kappa shape index (κ2) is 11.1. The van der Waals surface area contributed by atoms with Gasteiger partial charge in [-0.1, -0.05) is 44.1 Å². The van der Waals surface area contributed by atoms with Crippen molar-refractivity contribution in [3.05, 3.63) is 42.0 Å². The summed E-state index contributed by atoms with van der Waals surface area (Å²) in [7, 11) is -1.98. The van der Waals surface area contributed by atoms with Gasteiger partial charge in [-0.2, -0.15) is 5.26 Å². The second-order valence-corrected chi connectivity index (χ2v) is 14.8. The zero-order valence-electron chi connectivity index (χ0n) is 20.8. The molecule has 0 atom stereocenters. The largest absolute Gasteiger partial charge is 0.412 e. The van der Waals surface area contributed by atoms with E-state index in [1.807, 2.05) is 12.1 Å². The molecular formula is C25H34FN5O2Si. The highest BCUT2D eigenvalue weighted by Crippen LogP contribution is 2.37. The average Bonchev–Trinajstić information content (AvgIpc) is 2.81. The summed E-state index contributed by atoms with van der Waals surface area (Å²) in [6.07, 6.45) is 5.18. The number of halogens is 1. The number of piperidine rings is 1. The highest BCUT2D eigenvalue weighted by atomic mass is 28.4. The summed E-state index contributed by atoms with van der Waals surface area (Å²) in [5.41, 5.74) is 2.64. The van der Waals surface area contributed by atoms with Crippen molar-refractivity contribution < 1.29 is 13.7 Å². The number of hydrogen-bond acceptors (Lipinski definition) is 7. The molecule has 0 radical (unpaired) electrons. The third kappa shape index (κ3) is 6.39. The molecule has 7 nitrogen and oxygen atoms in total. The monoisotopic (exact) mass is 483 g/mol. The minimum atomic E-state index is -1.98. The van der Waals surface area contributed by atoms with E-state index in [0.29, 0.717) is 35.7 Å². The van der Waals surface area contributed by atoms with Crippen LogP contribution < -0.4 is 4.90 Å². The van der Waals surface area contributed by atoms with Crippen LogP contribution in [0.1, 0.15) is 45.6 Å². The summed E-state index contributed by atoms with van der Waals surface area (Å²) in [5, 5.41) is 12.7. The Labute approximate surface area is 202 Å². The molecule has 1 saturated heterocycles. The lowest BCUT2D eigenvalue weighted by Crippen LogP contribution is -2.40. The Bertz CT molecular complexity index is 1030. The summed E-state index contributed by atoms with van der Waals surface area (Å²) in [5.74, 6) is 0.332. The van der Waals surface area contributed by atoms with E-state index in [0.717, 1.165) is 31.6 Å². The normalized spacial score (nSPS) is 14.6. The van der Waals surface area contributed by atoms with Crippen LogP contribution in [0.4, 0.5) is 10.3 Å². The summed E-state index contributed by atoms with van der Waals surface area (Å²) in [4.78, 5) is 16.2. The first-order valence-electron chi connectivity index (χ1n) is 11.7. The molecular weight excluding hydrogens is 449 g/mol. The van der Waals surface area contributed by atoms with E-state index in [4.69, 9.17) is 14.5 Å². The van der Waals surface area contributed by atoms with Gasteiger partial charge in [0, 0.05) is 55.0 Å². The Morgan fingerprint density at radius 3 is 2.47 bits per heavy atom. The molecule has 0 amide bonds. The Morgan fingerprint density at radius 2 is 1.85 bits per heavy atom. The molecule has 0 spiro atoms. The molecule has 1 fully saturated rings. The minimum absolute atomic E-state index is 0.0657. The van der Waals surface area contributed by atoms with E-state index < -0.39 is 8.32 Å². The molecule has 1 aromatic heterocycles. The fraction of sp³-hybridized carbons (Fsp3) is 0.520. The summed E-state index contributed by atoms with van der Waals surface area (Å²) >= 11 is 0. The van der Waals surface area contributed by atoms with Crippen LogP contribution in [-0.4, -0.2) is 43.7 Å². The first-order chi connectivity index (χ1) is 16.1. The van der Waals surface area contributed by atoms with Crippen LogP contribution in [0, 0.1) is 17.1 Å². The van der Waals surface area contributed by atoms with E-state index in [1.54, 1.807) is 24.5 Å². The lowest BCUT2D eigenvalue weighted by atomic mass is 10.1. The molecule has 0 saturated carbocycles. The first-order valence-corrected chi connectivity index (χ1v) is 14.6.